The van der Waals surface area contributed by atoms with Crippen LogP contribution < -0.4 is 16.2 Å². The molecule has 2 amide bonds. The molecular weight excluding hydrogens is 336 g/mol. The Morgan fingerprint density at radius 2 is 1.76 bits per heavy atom. The maximum absolute atomic E-state index is 12.4. The van der Waals surface area contributed by atoms with E-state index in [1.54, 1.807) is 25.4 Å². The first-order valence-electron chi connectivity index (χ1n) is 7.64. The lowest BCUT2D eigenvalue weighted by atomic mass is 10.1. The van der Waals surface area contributed by atoms with Crippen LogP contribution in [0.4, 0.5) is 15.6 Å². The van der Waals surface area contributed by atoms with E-state index in [4.69, 9.17) is 0 Å². The summed E-state index contributed by atoms with van der Waals surface area (Å²) in [4.78, 5) is 28.9. The van der Waals surface area contributed by atoms with Crippen molar-refractivity contribution in [3.05, 3.63) is 65.1 Å². The van der Waals surface area contributed by atoms with E-state index >= 15 is 0 Å². The number of thiazole rings is 1. The number of nitrogens with one attached hydrogen (secondary N) is 2. The number of aryl methyl sites for hydroxylation is 1. The molecule has 4 rings (SSSR count). The predicted molar refractivity (Wildman–Crippen MR) is 101 cm³/mol. The maximum Gasteiger partial charge on any atom is 0.325 e. The van der Waals surface area contributed by atoms with E-state index in [0.29, 0.717) is 21.6 Å². The zero-order valence-electron chi connectivity index (χ0n) is 13.3. The van der Waals surface area contributed by atoms with Crippen molar-refractivity contribution in [2.24, 2.45) is 7.05 Å². The van der Waals surface area contributed by atoms with Gasteiger partial charge in [-0.25, -0.2) is 9.78 Å². The molecule has 0 atom stereocenters. The molecule has 0 radical (unpaired) electrons. The molecule has 2 aromatic carbocycles. The molecule has 0 spiro atoms. The first-order valence-corrected chi connectivity index (χ1v) is 8.45. The van der Waals surface area contributed by atoms with Crippen LogP contribution >= 0.6 is 11.3 Å². The number of rotatable bonds is 2. The number of amides is 2. The first kappa shape index (κ1) is 15.3. The van der Waals surface area contributed by atoms with Gasteiger partial charge in [0.25, 0.3) is 5.56 Å². The molecule has 0 saturated carbocycles. The van der Waals surface area contributed by atoms with E-state index in [1.807, 2.05) is 36.4 Å². The fraction of sp³-hybridized carbons (Fsp3) is 0.0556. The lowest BCUT2D eigenvalue weighted by Crippen LogP contribution is -2.22. The van der Waals surface area contributed by atoms with E-state index in [-0.39, 0.29) is 5.56 Å². The zero-order chi connectivity index (χ0) is 17.4. The summed E-state index contributed by atoms with van der Waals surface area (Å²) in [6.07, 6.45) is 1.61. The Morgan fingerprint density at radius 3 is 2.56 bits per heavy atom. The van der Waals surface area contributed by atoms with Gasteiger partial charge in [-0.1, -0.05) is 41.7 Å². The number of pyridine rings is 1. The lowest BCUT2D eigenvalue weighted by molar-refractivity contribution is 0.262. The third kappa shape index (κ3) is 2.85. The fourth-order valence-corrected chi connectivity index (χ4v) is 3.55. The normalized spacial score (nSPS) is 10.9. The Labute approximate surface area is 146 Å². The van der Waals surface area contributed by atoms with Gasteiger partial charge in [-0.05, 0) is 18.2 Å². The van der Waals surface area contributed by atoms with Gasteiger partial charge in [0.1, 0.15) is 0 Å². The van der Waals surface area contributed by atoms with Gasteiger partial charge in [-0.3, -0.25) is 10.1 Å². The van der Waals surface area contributed by atoms with Gasteiger partial charge < -0.3 is 9.88 Å². The number of aromatic nitrogens is 2. The third-order valence-electron chi connectivity index (χ3n) is 3.85. The van der Waals surface area contributed by atoms with Crippen LogP contribution in [0.1, 0.15) is 0 Å². The van der Waals surface area contributed by atoms with Crippen molar-refractivity contribution in [3.63, 3.8) is 0 Å². The summed E-state index contributed by atoms with van der Waals surface area (Å²) in [5, 5.41) is 7.33. The van der Waals surface area contributed by atoms with Crippen LogP contribution in [-0.2, 0) is 7.05 Å². The number of carbonyl (C=O) groups excluding carboxylic acids is 1. The third-order valence-corrected chi connectivity index (χ3v) is 4.81. The van der Waals surface area contributed by atoms with Crippen molar-refractivity contribution in [3.8, 4) is 0 Å². The number of hydrogen-bond acceptors (Lipinski definition) is 4. The average molecular weight is 350 g/mol. The molecule has 2 heterocycles. The van der Waals surface area contributed by atoms with E-state index < -0.39 is 6.03 Å². The summed E-state index contributed by atoms with van der Waals surface area (Å²) >= 11 is 1.41. The van der Waals surface area contributed by atoms with Crippen molar-refractivity contribution in [1.29, 1.82) is 0 Å². The highest BCUT2D eigenvalue weighted by Crippen LogP contribution is 2.26. The molecule has 4 aromatic rings. The van der Waals surface area contributed by atoms with Gasteiger partial charge in [0, 0.05) is 24.0 Å². The van der Waals surface area contributed by atoms with Crippen LogP contribution in [0.2, 0.25) is 0 Å². The number of anilines is 2. The zero-order valence-corrected chi connectivity index (χ0v) is 14.1. The summed E-state index contributed by atoms with van der Waals surface area (Å²) in [6.45, 7) is 0. The number of para-hydroxylation sites is 1. The lowest BCUT2D eigenvalue weighted by Gasteiger charge is -2.10. The molecular formula is C18H14N4O2S. The molecule has 0 aliphatic carbocycles. The highest BCUT2D eigenvalue weighted by atomic mass is 32.1. The molecule has 25 heavy (non-hydrogen) atoms. The minimum absolute atomic E-state index is 0.104. The second-order valence-corrected chi connectivity index (χ2v) is 6.60. The topological polar surface area (TPSA) is 76.0 Å². The van der Waals surface area contributed by atoms with Gasteiger partial charge in [-0.15, -0.1) is 0 Å². The number of nitrogens with zero attached hydrogens (tertiary/aromatic N) is 2. The molecule has 7 heteroatoms. The number of benzene rings is 2. The van der Waals surface area contributed by atoms with Gasteiger partial charge >= 0.3 is 6.03 Å². The predicted octanol–water partition coefficient (Wildman–Crippen LogP) is 3.79. The molecule has 0 aliphatic rings. The largest absolute Gasteiger partial charge is 0.325 e. The van der Waals surface area contributed by atoms with Crippen molar-refractivity contribution < 1.29 is 4.79 Å². The SMILES string of the molecule is Cn1cc(NC(=O)Nc2nc3ccccc3s2)c2ccccc2c1=O. The Hall–Kier alpha value is -3.19. The van der Waals surface area contributed by atoms with E-state index in [2.05, 4.69) is 15.6 Å². The molecule has 2 aromatic heterocycles. The monoisotopic (exact) mass is 350 g/mol. The van der Waals surface area contributed by atoms with Crippen LogP contribution in [0.15, 0.2) is 59.5 Å². The Balaban J connectivity index is 1.63. The van der Waals surface area contributed by atoms with Gasteiger partial charge in [0.05, 0.1) is 15.9 Å². The van der Waals surface area contributed by atoms with Crippen molar-refractivity contribution in [2.75, 3.05) is 10.6 Å². The van der Waals surface area contributed by atoms with Gasteiger partial charge in [-0.2, -0.15) is 0 Å². The van der Waals surface area contributed by atoms with Crippen LogP contribution in [-0.4, -0.2) is 15.6 Å². The standard InChI is InChI=1S/C18H14N4O2S/c1-22-10-14(11-6-2-3-7-12(11)16(22)23)19-17(24)21-18-20-13-8-4-5-9-15(13)25-18/h2-10H,1H3,(H2,19,20,21,24). The van der Waals surface area contributed by atoms with Crippen molar-refractivity contribution in [1.82, 2.24) is 9.55 Å². The maximum atomic E-state index is 12.4. The second kappa shape index (κ2) is 6.03. The highest BCUT2D eigenvalue weighted by Gasteiger charge is 2.11. The molecule has 6 nitrogen and oxygen atoms in total. The number of fused-ring (bicyclic) bond motifs is 2. The minimum atomic E-state index is -0.400. The Bertz CT molecular complexity index is 1130. The molecule has 0 fully saturated rings. The molecule has 2 N–H and O–H groups in total. The Morgan fingerprint density at radius 1 is 1.04 bits per heavy atom. The average Bonchev–Trinajstić information content (AvgIpc) is 3.01. The quantitative estimate of drug-likeness (QED) is 0.577. The summed E-state index contributed by atoms with van der Waals surface area (Å²) in [5.74, 6) is 0. The highest BCUT2D eigenvalue weighted by molar-refractivity contribution is 7.22. The molecule has 0 unspecified atom stereocenters. The van der Waals surface area contributed by atoms with Crippen LogP contribution in [0.3, 0.4) is 0 Å². The smallest absolute Gasteiger partial charge is 0.316 e. The fourth-order valence-electron chi connectivity index (χ4n) is 2.69. The van der Waals surface area contributed by atoms with Crippen molar-refractivity contribution >= 4 is 49.2 Å². The van der Waals surface area contributed by atoms with Crippen LogP contribution in [0.25, 0.3) is 21.0 Å². The van der Waals surface area contributed by atoms with Crippen LogP contribution in [0.5, 0.6) is 0 Å². The van der Waals surface area contributed by atoms with Gasteiger partial charge in [0.2, 0.25) is 0 Å². The molecule has 0 saturated heterocycles. The Kier molecular flexibility index (Phi) is 3.70. The number of urea groups is 1. The number of carbonyl (C=O) groups is 1. The van der Waals surface area contributed by atoms with E-state index in [0.717, 1.165) is 10.2 Å². The van der Waals surface area contributed by atoms with E-state index in [9.17, 15) is 9.59 Å². The second-order valence-electron chi connectivity index (χ2n) is 5.57. The number of hydrogen-bond donors (Lipinski definition) is 2. The molecule has 124 valence electrons. The van der Waals surface area contributed by atoms with Crippen molar-refractivity contribution in [2.45, 2.75) is 0 Å². The van der Waals surface area contributed by atoms with E-state index in [1.165, 1.54) is 15.9 Å². The van der Waals surface area contributed by atoms with Crippen LogP contribution in [0, 0.1) is 0 Å². The van der Waals surface area contributed by atoms with Gasteiger partial charge in [0.15, 0.2) is 5.13 Å². The summed E-state index contributed by atoms with van der Waals surface area (Å²) in [7, 11) is 1.66. The molecule has 0 aliphatic heterocycles. The summed E-state index contributed by atoms with van der Waals surface area (Å²) in [6, 6.07) is 14.5. The summed E-state index contributed by atoms with van der Waals surface area (Å²) < 4.78 is 2.46. The molecule has 0 bridgehead atoms. The minimum Gasteiger partial charge on any atom is -0.316 e. The summed E-state index contributed by atoms with van der Waals surface area (Å²) in [5.41, 5.74) is 1.30. The first-order chi connectivity index (χ1) is 12.1.